The minimum Gasteiger partial charge on any atom is -0.481 e. The highest BCUT2D eigenvalue weighted by atomic mass is 32.2. The van der Waals surface area contributed by atoms with Crippen molar-refractivity contribution >= 4 is 21.7 Å². The lowest BCUT2D eigenvalue weighted by atomic mass is 10.0. The van der Waals surface area contributed by atoms with E-state index >= 15 is 0 Å². The zero-order valence-electron chi connectivity index (χ0n) is 10.9. The normalized spacial score (nSPS) is 13.0. The summed E-state index contributed by atoms with van der Waals surface area (Å²) in [6, 6.07) is 6.35. The second-order valence-corrected chi connectivity index (χ2v) is 6.38. The molecule has 0 aliphatic heterocycles. The lowest BCUT2D eigenvalue weighted by molar-refractivity contribution is -0.137. The first-order valence-corrected chi connectivity index (χ1v) is 7.58. The SMILES string of the molecule is CN(c1cccc(C(N)CCC(=O)O)c1)S(C)(=O)=O. The average Bonchev–Trinajstić information content (AvgIpc) is 2.34. The van der Waals surface area contributed by atoms with Crippen molar-refractivity contribution in [3.63, 3.8) is 0 Å². The van der Waals surface area contributed by atoms with Crippen molar-refractivity contribution in [3.8, 4) is 0 Å². The van der Waals surface area contributed by atoms with Gasteiger partial charge < -0.3 is 10.8 Å². The van der Waals surface area contributed by atoms with Crippen LogP contribution in [-0.2, 0) is 14.8 Å². The number of nitrogens with two attached hydrogens (primary N) is 1. The maximum atomic E-state index is 11.4. The summed E-state index contributed by atoms with van der Waals surface area (Å²) in [6.45, 7) is 0. The van der Waals surface area contributed by atoms with E-state index in [0.717, 1.165) is 10.6 Å². The minimum atomic E-state index is -3.33. The number of rotatable bonds is 6. The summed E-state index contributed by atoms with van der Waals surface area (Å²) in [5, 5.41) is 8.62. The monoisotopic (exact) mass is 286 g/mol. The zero-order chi connectivity index (χ0) is 14.6. The summed E-state index contributed by atoms with van der Waals surface area (Å²) >= 11 is 0. The van der Waals surface area contributed by atoms with E-state index in [9.17, 15) is 13.2 Å². The van der Waals surface area contributed by atoms with Crippen LogP contribution in [0.2, 0.25) is 0 Å². The molecular weight excluding hydrogens is 268 g/mol. The molecule has 106 valence electrons. The topological polar surface area (TPSA) is 101 Å². The van der Waals surface area contributed by atoms with Crippen molar-refractivity contribution in [3.05, 3.63) is 29.8 Å². The van der Waals surface area contributed by atoms with E-state index < -0.39 is 22.0 Å². The fourth-order valence-corrected chi connectivity index (χ4v) is 2.08. The fourth-order valence-electron chi connectivity index (χ4n) is 1.59. The standard InChI is InChI=1S/C12H18N2O4S/c1-14(19(2,17)18)10-5-3-4-9(8-10)11(13)6-7-12(15)16/h3-5,8,11H,6-7,13H2,1-2H3,(H,15,16). The van der Waals surface area contributed by atoms with Crippen LogP contribution < -0.4 is 10.0 Å². The third-order valence-electron chi connectivity index (χ3n) is 2.83. The third-order valence-corrected chi connectivity index (χ3v) is 4.03. The predicted octanol–water partition coefficient (Wildman–Crippen LogP) is 0.947. The van der Waals surface area contributed by atoms with Crippen molar-refractivity contribution in [2.45, 2.75) is 18.9 Å². The number of nitrogens with zero attached hydrogens (tertiary/aromatic N) is 1. The van der Waals surface area contributed by atoms with Crippen LogP contribution in [0.1, 0.15) is 24.4 Å². The quantitative estimate of drug-likeness (QED) is 0.810. The Morgan fingerprint density at radius 3 is 2.63 bits per heavy atom. The number of carboxylic acid groups (broad SMARTS) is 1. The highest BCUT2D eigenvalue weighted by molar-refractivity contribution is 7.92. The van der Waals surface area contributed by atoms with Crippen molar-refractivity contribution in [1.29, 1.82) is 0 Å². The van der Waals surface area contributed by atoms with Gasteiger partial charge in [0.25, 0.3) is 0 Å². The molecule has 19 heavy (non-hydrogen) atoms. The van der Waals surface area contributed by atoms with Crippen LogP contribution in [0, 0.1) is 0 Å². The molecule has 1 unspecified atom stereocenters. The Bertz CT molecular complexity index is 557. The van der Waals surface area contributed by atoms with Gasteiger partial charge >= 0.3 is 5.97 Å². The highest BCUT2D eigenvalue weighted by Crippen LogP contribution is 2.22. The summed E-state index contributed by atoms with van der Waals surface area (Å²) in [6.07, 6.45) is 1.40. The van der Waals surface area contributed by atoms with E-state index in [1.165, 1.54) is 7.05 Å². The number of hydrogen-bond acceptors (Lipinski definition) is 4. The molecule has 0 aromatic heterocycles. The van der Waals surface area contributed by atoms with Gasteiger partial charge in [0.1, 0.15) is 0 Å². The van der Waals surface area contributed by atoms with Crippen molar-refractivity contribution in [1.82, 2.24) is 0 Å². The molecule has 0 saturated carbocycles. The predicted molar refractivity (Wildman–Crippen MR) is 73.5 cm³/mol. The van der Waals surface area contributed by atoms with E-state index in [1.807, 2.05) is 0 Å². The average molecular weight is 286 g/mol. The van der Waals surface area contributed by atoms with Crippen molar-refractivity contribution in [2.75, 3.05) is 17.6 Å². The Labute approximate surface area is 112 Å². The van der Waals surface area contributed by atoms with E-state index in [0.29, 0.717) is 17.7 Å². The van der Waals surface area contributed by atoms with Gasteiger partial charge in [0, 0.05) is 19.5 Å². The minimum absolute atomic E-state index is 0.0205. The summed E-state index contributed by atoms with van der Waals surface area (Å²) in [7, 11) is -1.87. The van der Waals surface area contributed by atoms with Crippen LogP contribution in [0.15, 0.2) is 24.3 Å². The van der Waals surface area contributed by atoms with E-state index in [1.54, 1.807) is 24.3 Å². The molecule has 7 heteroatoms. The Kier molecular flexibility index (Phi) is 4.90. The second kappa shape index (κ2) is 6.03. The molecule has 0 aliphatic rings. The fraction of sp³-hybridized carbons (Fsp3) is 0.417. The number of anilines is 1. The summed E-state index contributed by atoms with van der Waals surface area (Å²) in [5.41, 5.74) is 7.11. The molecule has 6 nitrogen and oxygen atoms in total. The molecule has 1 rings (SSSR count). The molecule has 1 aromatic carbocycles. The molecule has 1 atom stereocenters. The number of carboxylic acids is 1. The smallest absolute Gasteiger partial charge is 0.303 e. The van der Waals surface area contributed by atoms with Crippen LogP contribution in [0.4, 0.5) is 5.69 Å². The molecule has 0 radical (unpaired) electrons. The number of sulfonamides is 1. The first-order chi connectivity index (χ1) is 8.71. The van der Waals surface area contributed by atoms with Crippen LogP contribution in [0.5, 0.6) is 0 Å². The maximum absolute atomic E-state index is 11.4. The van der Waals surface area contributed by atoms with Gasteiger partial charge in [0.15, 0.2) is 0 Å². The van der Waals surface area contributed by atoms with Crippen molar-refractivity contribution < 1.29 is 18.3 Å². The molecule has 1 aromatic rings. The highest BCUT2D eigenvalue weighted by Gasteiger charge is 2.14. The Balaban J connectivity index is 2.91. The van der Waals surface area contributed by atoms with Gasteiger partial charge in [-0.2, -0.15) is 0 Å². The molecule has 0 saturated heterocycles. The van der Waals surface area contributed by atoms with E-state index in [4.69, 9.17) is 10.8 Å². The summed E-state index contributed by atoms with van der Waals surface area (Å²) in [4.78, 5) is 10.5. The van der Waals surface area contributed by atoms with Gasteiger partial charge in [-0.25, -0.2) is 8.42 Å². The number of benzene rings is 1. The Morgan fingerprint density at radius 2 is 2.11 bits per heavy atom. The van der Waals surface area contributed by atoms with Crippen LogP contribution in [0.3, 0.4) is 0 Å². The van der Waals surface area contributed by atoms with Gasteiger partial charge in [-0.05, 0) is 24.1 Å². The van der Waals surface area contributed by atoms with Gasteiger partial charge in [0.05, 0.1) is 11.9 Å². The molecular formula is C12H18N2O4S. The lowest BCUT2D eigenvalue weighted by Gasteiger charge is -2.19. The molecule has 3 N–H and O–H groups in total. The van der Waals surface area contributed by atoms with Gasteiger partial charge in [-0.3, -0.25) is 9.10 Å². The number of hydrogen-bond donors (Lipinski definition) is 2. The van der Waals surface area contributed by atoms with Crippen molar-refractivity contribution in [2.24, 2.45) is 5.73 Å². The molecule has 0 spiro atoms. The lowest BCUT2D eigenvalue weighted by Crippen LogP contribution is -2.25. The summed E-state index contributed by atoms with van der Waals surface area (Å²) in [5.74, 6) is -0.903. The zero-order valence-corrected chi connectivity index (χ0v) is 11.7. The van der Waals surface area contributed by atoms with Crippen LogP contribution in [0.25, 0.3) is 0 Å². The van der Waals surface area contributed by atoms with Gasteiger partial charge in [-0.15, -0.1) is 0 Å². The first-order valence-electron chi connectivity index (χ1n) is 5.73. The van der Waals surface area contributed by atoms with E-state index in [-0.39, 0.29) is 6.42 Å². The number of aliphatic carboxylic acids is 1. The van der Waals surface area contributed by atoms with E-state index in [2.05, 4.69) is 0 Å². The first kappa shape index (κ1) is 15.5. The Hall–Kier alpha value is -1.60. The second-order valence-electron chi connectivity index (χ2n) is 4.36. The molecule has 0 fully saturated rings. The third kappa shape index (κ3) is 4.53. The molecule has 0 amide bonds. The summed E-state index contributed by atoms with van der Waals surface area (Å²) < 4.78 is 24.0. The largest absolute Gasteiger partial charge is 0.481 e. The molecule has 0 heterocycles. The van der Waals surface area contributed by atoms with Crippen LogP contribution >= 0.6 is 0 Å². The van der Waals surface area contributed by atoms with Gasteiger partial charge in [0.2, 0.25) is 10.0 Å². The molecule has 0 aliphatic carbocycles. The van der Waals surface area contributed by atoms with Gasteiger partial charge in [-0.1, -0.05) is 12.1 Å². The molecule has 0 bridgehead atoms. The Morgan fingerprint density at radius 1 is 1.47 bits per heavy atom. The maximum Gasteiger partial charge on any atom is 0.303 e. The van der Waals surface area contributed by atoms with Crippen LogP contribution in [-0.4, -0.2) is 32.8 Å². The number of carbonyl (C=O) groups is 1.